The number of amides is 1. The highest BCUT2D eigenvalue weighted by Gasteiger charge is 2.14. The molecule has 0 saturated heterocycles. The SMILES string of the molecule is COC(C)C(=O)Nc1cc(C(=O)O)ccc1Br. The van der Waals surface area contributed by atoms with Crippen molar-refractivity contribution in [3.8, 4) is 0 Å². The van der Waals surface area contributed by atoms with Gasteiger partial charge in [-0.2, -0.15) is 0 Å². The maximum Gasteiger partial charge on any atom is 0.335 e. The van der Waals surface area contributed by atoms with Gasteiger partial charge in [-0.25, -0.2) is 4.79 Å². The van der Waals surface area contributed by atoms with E-state index in [2.05, 4.69) is 21.2 Å². The zero-order chi connectivity index (χ0) is 13.0. The van der Waals surface area contributed by atoms with E-state index in [0.29, 0.717) is 10.2 Å². The number of methoxy groups -OCH3 is 1. The van der Waals surface area contributed by atoms with Gasteiger partial charge in [0.1, 0.15) is 6.10 Å². The summed E-state index contributed by atoms with van der Waals surface area (Å²) in [5.41, 5.74) is 0.507. The predicted molar refractivity (Wildman–Crippen MR) is 66.2 cm³/mol. The third-order valence-electron chi connectivity index (χ3n) is 2.19. The predicted octanol–water partition coefficient (Wildman–Crippen LogP) is 2.12. The molecule has 5 nitrogen and oxygen atoms in total. The summed E-state index contributed by atoms with van der Waals surface area (Å²) in [6, 6.07) is 4.39. The molecule has 1 aromatic rings. The molecule has 1 amide bonds. The first-order valence-electron chi connectivity index (χ1n) is 4.82. The Kier molecular flexibility index (Phi) is 4.65. The molecule has 0 heterocycles. The molecule has 0 aliphatic carbocycles. The molecule has 0 saturated carbocycles. The molecule has 0 aromatic heterocycles. The van der Waals surface area contributed by atoms with E-state index >= 15 is 0 Å². The van der Waals surface area contributed by atoms with E-state index in [1.165, 1.54) is 19.2 Å². The number of carboxylic acids is 1. The van der Waals surface area contributed by atoms with Gasteiger partial charge >= 0.3 is 5.97 Å². The van der Waals surface area contributed by atoms with Crippen molar-refractivity contribution in [3.63, 3.8) is 0 Å². The molecule has 1 rings (SSSR count). The molecule has 0 aliphatic heterocycles. The summed E-state index contributed by atoms with van der Waals surface area (Å²) < 4.78 is 5.47. The topological polar surface area (TPSA) is 75.6 Å². The molecule has 0 aliphatic rings. The summed E-state index contributed by atoms with van der Waals surface area (Å²) >= 11 is 3.23. The first kappa shape index (κ1) is 13.7. The smallest absolute Gasteiger partial charge is 0.335 e. The lowest BCUT2D eigenvalue weighted by Gasteiger charge is -2.12. The number of carbonyl (C=O) groups excluding carboxylic acids is 1. The van der Waals surface area contributed by atoms with Gasteiger partial charge in [0.25, 0.3) is 5.91 Å². The van der Waals surface area contributed by atoms with Crippen molar-refractivity contribution in [1.29, 1.82) is 0 Å². The van der Waals surface area contributed by atoms with Gasteiger partial charge in [0.15, 0.2) is 0 Å². The zero-order valence-corrected chi connectivity index (χ0v) is 10.9. The Labute approximate surface area is 107 Å². The van der Waals surface area contributed by atoms with Crippen LogP contribution in [0, 0.1) is 0 Å². The van der Waals surface area contributed by atoms with Crippen molar-refractivity contribution >= 4 is 33.5 Å². The van der Waals surface area contributed by atoms with Crippen LogP contribution >= 0.6 is 15.9 Å². The van der Waals surface area contributed by atoms with Gasteiger partial charge in [-0.1, -0.05) is 0 Å². The third kappa shape index (κ3) is 3.54. The van der Waals surface area contributed by atoms with E-state index in [9.17, 15) is 9.59 Å². The lowest BCUT2D eigenvalue weighted by molar-refractivity contribution is -0.124. The van der Waals surface area contributed by atoms with Gasteiger partial charge in [-0.3, -0.25) is 4.79 Å². The van der Waals surface area contributed by atoms with Crippen LogP contribution in [0.5, 0.6) is 0 Å². The summed E-state index contributed by atoms with van der Waals surface area (Å²) in [5.74, 6) is -1.39. The minimum absolute atomic E-state index is 0.105. The molecular weight excluding hydrogens is 290 g/mol. The number of rotatable bonds is 4. The highest BCUT2D eigenvalue weighted by Crippen LogP contribution is 2.24. The van der Waals surface area contributed by atoms with Crippen LogP contribution in [0.25, 0.3) is 0 Å². The second kappa shape index (κ2) is 5.79. The molecule has 1 unspecified atom stereocenters. The molecule has 0 fully saturated rings. The molecule has 17 heavy (non-hydrogen) atoms. The minimum Gasteiger partial charge on any atom is -0.478 e. The molecule has 1 aromatic carbocycles. The number of hydrogen-bond acceptors (Lipinski definition) is 3. The Balaban J connectivity index is 2.94. The largest absolute Gasteiger partial charge is 0.478 e. The molecule has 92 valence electrons. The highest BCUT2D eigenvalue weighted by atomic mass is 79.9. The normalized spacial score (nSPS) is 11.9. The number of ether oxygens (including phenoxy) is 1. The Bertz CT molecular complexity index is 447. The van der Waals surface area contributed by atoms with Crippen LogP contribution in [-0.2, 0) is 9.53 Å². The average Bonchev–Trinajstić information content (AvgIpc) is 2.30. The van der Waals surface area contributed by atoms with E-state index in [-0.39, 0.29) is 11.5 Å². The van der Waals surface area contributed by atoms with E-state index < -0.39 is 12.1 Å². The Morgan fingerprint density at radius 3 is 2.65 bits per heavy atom. The van der Waals surface area contributed by atoms with Gasteiger partial charge in [0.05, 0.1) is 11.3 Å². The monoisotopic (exact) mass is 301 g/mol. The number of carbonyl (C=O) groups is 2. The van der Waals surface area contributed by atoms with Crippen molar-refractivity contribution in [2.45, 2.75) is 13.0 Å². The highest BCUT2D eigenvalue weighted by molar-refractivity contribution is 9.10. The number of nitrogens with one attached hydrogen (secondary N) is 1. The minimum atomic E-state index is -1.05. The second-order valence-electron chi connectivity index (χ2n) is 3.37. The Hall–Kier alpha value is -1.40. The van der Waals surface area contributed by atoms with Crippen molar-refractivity contribution in [3.05, 3.63) is 28.2 Å². The lowest BCUT2D eigenvalue weighted by Crippen LogP contribution is -2.26. The fourth-order valence-electron chi connectivity index (χ4n) is 1.10. The fraction of sp³-hybridized carbons (Fsp3) is 0.273. The van der Waals surface area contributed by atoms with Crippen LogP contribution in [-0.4, -0.2) is 30.2 Å². The van der Waals surface area contributed by atoms with Crippen LogP contribution in [0.1, 0.15) is 17.3 Å². The van der Waals surface area contributed by atoms with E-state index in [4.69, 9.17) is 9.84 Å². The van der Waals surface area contributed by atoms with Gasteiger partial charge in [-0.05, 0) is 41.1 Å². The second-order valence-corrected chi connectivity index (χ2v) is 4.22. The average molecular weight is 302 g/mol. The fourth-order valence-corrected chi connectivity index (χ4v) is 1.44. The van der Waals surface area contributed by atoms with E-state index in [1.54, 1.807) is 13.0 Å². The summed E-state index contributed by atoms with van der Waals surface area (Å²) in [6.07, 6.45) is -0.601. The molecule has 1 atom stereocenters. The third-order valence-corrected chi connectivity index (χ3v) is 2.89. The number of benzene rings is 1. The van der Waals surface area contributed by atoms with Crippen LogP contribution in [0.2, 0.25) is 0 Å². The lowest BCUT2D eigenvalue weighted by atomic mass is 10.2. The van der Waals surface area contributed by atoms with Crippen LogP contribution < -0.4 is 5.32 Å². The van der Waals surface area contributed by atoms with Crippen LogP contribution in [0.3, 0.4) is 0 Å². The summed E-state index contributed by atoms with van der Waals surface area (Å²) in [4.78, 5) is 22.4. The summed E-state index contributed by atoms with van der Waals surface area (Å²) in [7, 11) is 1.42. The van der Waals surface area contributed by atoms with Gasteiger partial charge in [0, 0.05) is 11.6 Å². The molecule has 0 bridgehead atoms. The van der Waals surface area contributed by atoms with Crippen molar-refractivity contribution in [2.75, 3.05) is 12.4 Å². The summed E-state index contributed by atoms with van der Waals surface area (Å²) in [6.45, 7) is 1.60. The maximum absolute atomic E-state index is 11.6. The number of aromatic carboxylic acids is 1. The first-order chi connectivity index (χ1) is 7.95. The zero-order valence-electron chi connectivity index (χ0n) is 9.36. The van der Waals surface area contributed by atoms with Crippen molar-refractivity contribution < 1.29 is 19.4 Å². The number of halogens is 1. The number of anilines is 1. The standard InChI is InChI=1S/C11H12BrNO4/c1-6(17-2)10(14)13-9-5-7(11(15)16)3-4-8(9)12/h3-6H,1-2H3,(H,13,14)(H,15,16). The molecule has 0 spiro atoms. The van der Waals surface area contributed by atoms with Crippen LogP contribution in [0.15, 0.2) is 22.7 Å². The van der Waals surface area contributed by atoms with Gasteiger partial charge < -0.3 is 15.2 Å². The van der Waals surface area contributed by atoms with Gasteiger partial charge in [-0.15, -0.1) is 0 Å². The molecule has 2 N–H and O–H groups in total. The Morgan fingerprint density at radius 2 is 2.12 bits per heavy atom. The van der Waals surface area contributed by atoms with Crippen molar-refractivity contribution in [2.24, 2.45) is 0 Å². The van der Waals surface area contributed by atoms with Crippen molar-refractivity contribution in [1.82, 2.24) is 0 Å². The number of hydrogen-bond donors (Lipinski definition) is 2. The first-order valence-corrected chi connectivity index (χ1v) is 5.61. The quantitative estimate of drug-likeness (QED) is 0.893. The van der Waals surface area contributed by atoms with Crippen LogP contribution in [0.4, 0.5) is 5.69 Å². The summed E-state index contributed by atoms with van der Waals surface area (Å²) in [5, 5.41) is 11.4. The van der Waals surface area contributed by atoms with Gasteiger partial charge in [0.2, 0.25) is 0 Å². The number of carboxylic acid groups (broad SMARTS) is 1. The molecular formula is C11H12BrNO4. The van der Waals surface area contributed by atoms with E-state index in [0.717, 1.165) is 0 Å². The molecule has 0 radical (unpaired) electrons. The Morgan fingerprint density at radius 1 is 1.47 bits per heavy atom. The maximum atomic E-state index is 11.6. The molecule has 6 heteroatoms. The van der Waals surface area contributed by atoms with E-state index in [1.807, 2.05) is 0 Å².